The molecule has 2 aromatic heterocycles. The SMILES string of the molecule is Cc1noc(CCNc2nc3ccccc3cc2C#N)n1. The Hall–Kier alpha value is -2.94. The number of anilines is 1. The van der Waals surface area contributed by atoms with Crippen LogP contribution in [-0.4, -0.2) is 21.7 Å². The Bertz CT molecular complexity index is 818. The molecule has 0 aliphatic rings. The molecule has 3 aromatic rings. The number of nitrogens with one attached hydrogen (secondary N) is 1. The fourth-order valence-corrected chi connectivity index (χ4v) is 2.07. The lowest BCUT2D eigenvalue weighted by atomic mass is 10.1. The lowest BCUT2D eigenvalue weighted by Gasteiger charge is -2.07. The number of para-hydroxylation sites is 1. The average Bonchev–Trinajstić information content (AvgIpc) is 2.92. The van der Waals surface area contributed by atoms with Crippen LogP contribution in [0.5, 0.6) is 0 Å². The number of nitrogens with zero attached hydrogens (tertiary/aromatic N) is 4. The Labute approximate surface area is 121 Å². The monoisotopic (exact) mass is 279 g/mol. The van der Waals surface area contributed by atoms with Gasteiger partial charge in [-0.2, -0.15) is 10.2 Å². The van der Waals surface area contributed by atoms with Crippen LogP contribution in [0.3, 0.4) is 0 Å². The lowest BCUT2D eigenvalue weighted by Crippen LogP contribution is -2.08. The number of fused-ring (bicyclic) bond motifs is 1. The predicted octanol–water partition coefficient (Wildman–Crippen LogP) is 2.45. The molecule has 6 nitrogen and oxygen atoms in total. The van der Waals surface area contributed by atoms with Gasteiger partial charge in [0.25, 0.3) is 0 Å². The summed E-state index contributed by atoms with van der Waals surface area (Å²) < 4.78 is 5.04. The zero-order valence-corrected chi connectivity index (χ0v) is 11.5. The largest absolute Gasteiger partial charge is 0.368 e. The van der Waals surface area contributed by atoms with Crippen molar-refractivity contribution in [2.45, 2.75) is 13.3 Å². The smallest absolute Gasteiger partial charge is 0.228 e. The second kappa shape index (κ2) is 5.59. The molecule has 0 atom stereocenters. The van der Waals surface area contributed by atoms with Gasteiger partial charge in [0.05, 0.1) is 11.1 Å². The number of rotatable bonds is 4. The topological polar surface area (TPSA) is 87.6 Å². The fraction of sp³-hybridized carbons (Fsp3) is 0.200. The average molecular weight is 279 g/mol. The van der Waals surface area contributed by atoms with Gasteiger partial charge in [0.2, 0.25) is 5.89 Å². The van der Waals surface area contributed by atoms with E-state index < -0.39 is 0 Å². The highest BCUT2D eigenvalue weighted by Crippen LogP contribution is 2.19. The maximum Gasteiger partial charge on any atom is 0.228 e. The molecular formula is C15H13N5O. The third-order valence-corrected chi connectivity index (χ3v) is 3.05. The zero-order chi connectivity index (χ0) is 14.7. The van der Waals surface area contributed by atoms with E-state index in [1.165, 1.54) is 0 Å². The Morgan fingerprint density at radius 1 is 1.29 bits per heavy atom. The molecule has 2 heterocycles. The number of benzene rings is 1. The summed E-state index contributed by atoms with van der Waals surface area (Å²) >= 11 is 0. The lowest BCUT2D eigenvalue weighted by molar-refractivity contribution is 0.377. The van der Waals surface area contributed by atoms with Crippen molar-refractivity contribution in [3.63, 3.8) is 0 Å². The standard InChI is InChI=1S/C15H13N5O/c1-10-18-14(21-20-10)6-7-17-15-12(9-16)8-11-4-2-3-5-13(11)19-15/h2-5,8H,6-7H2,1H3,(H,17,19). The van der Waals surface area contributed by atoms with Crippen LogP contribution in [0.4, 0.5) is 5.82 Å². The normalized spacial score (nSPS) is 10.5. The molecule has 0 saturated heterocycles. The maximum absolute atomic E-state index is 9.23. The van der Waals surface area contributed by atoms with E-state index in [2.05, 4.69) is 26.5 Å². The predicted molar refractivity (Wildman–Crippen MR) is 77.7 cm³/mol. The van der Waals surface area contributed by atoms with Gasteiger partial charge in [-0.05, 0) is 19.1 Å². The van der Waals surface area contributed by atoms with Gasteiger partial charge in [0.15, 0.2) is 5.82 Å². The van der Waals surface area contributed by atoms with Crippen LogP contribution in [0.2, 0.25) is 0 Å². The second-order valence-corrected chi connectivity index (χ2v) is 4.60. The molecule has 0 bridgehead atoms. The first-order valence-electron chi connectivity index (χ1n) is 6.59. The number of aromatic nitrogens is 3. The van der Waals surface area contributed by atoms with Crippen molar-refractivity contribution >= 4 is 16.7 Å². The van der Waals surface area contributed by atoms with Crippen LogP contribution in [-0.2, 0) is 6.42 Å². The molecule has 3 rings (SSSR count). The summed E-state index contributed by atoms with van der Waals surface area (Å²) in [4.78, 5) is 8.61. The van der Waals surface area contributed by atoms with Gasteiger partial charge >= 0.3 is 0 Å². The maximum atomic E-state index is 9.23. The number of hydrogen-bond acceptors (Lipinski definition) is 6. The minimum Gasteiger partial charge on any atom is -0.368 e. The van der Waals surface area contributed by atoms with Gasteiger partial charge in [0.1, 0.15) is 11.9 Å². The molecule has 0 aliphatic heterocycles. The first-order chi connectivity index (χ1) is 10.3. The van der Waals surface area contributed by atoms with Gasteiger partial charge in [-0.25, -0.2) is 4.98 Å². The third-order valence-electron chi connectivity index (χ3n) is 3.05. The van der Waals surface area contributed by atoms with Crippen molar-refractivity contribution in [3.05, 3.63) is 47.6 Å². The van der Waals surface area contributed by atoms with Gasteiger partial charge in [-0.15, -0.1) is 0 Å². The van der Waals surface area contributed by atoms with Gasteiger partial charge in [-0.3, -0.25) is 0 Å². The van der Waals surface area contributed by atoms with Crippen LogP contribution in [0.1, 0.15) is 17.3 Å². The van der Waals surface area contributed by atoms with Gasteiger partial charge in [0, 0.05) is 18.4 Å². The second-order valence-electron chi connectivity index (χ2n) is 4.60. The van der Waals surface area contributed by atoms with Crippen LogP contribution in [0.25, 0.3) is 10.9 Å². The van der Waals surface area contributed by atoms with E-state index in [9.17, 15) is 5.26 Å². The molecule has 0 spiro atoms. The number of nitriles is 1. The molecule has 1 N–H and O–H groups in total. The minimum absolute atomic E-state index is 0.524. The first kappa shape index (κ1) is 13.1. The van der Waals surface area contributed by atoms with Crippen molar-refractivity contribution in [1.29, 1.82) is 5.26 Å². The Morgan fingerprint density at radius 2 is 2.14 bits per heavy atom. The van der Waals surface area contributed by atoms with Crippen molar-refractivity contribution in [3.8, 4) is 6.07 Å². The van der Waals surface area contributed by atoms with Gasteiger partial charge < -0.3 is 9.84 Å². The summed E-state index contributed by atoms with van der Waals surface area (Å²) in [7, 11) is 0. The molecule has 0 amide bonds. The van der Waals surface area contributed by atoms with Crippen LogP contribution in [0, 0.1) is 18.3 Å². The van der Waals surface area contributed by atoms with Crippen molar-refractivity contribution in [2.24, 2.45) is 0 Å². The van der Waals surface area contributed by atoms with Gasteiger partial charge in [-0.1, -0.05) is 23.4 Å². The van der Waals surface area contributed by atoms with E-state index in [1.807, 2.05) is 30.3 Å². The van der Waals surface area contributed by atoms with Crippen molar-refractivity contribution in [2.75, 3.05) is 11.9 Å². The molecule has 21 heavy (non-hydrogen) atoms. The third kappa shape index (κ3) is 2.82. The quantitative estimate of drug-likeness (QED) is 0.789. The highest BCUT2D eigenvalue weighted by atomic mass is 16.5. The highest BCUT2D eigenvalue weighted by molar-refractivity contribution is 5.82. The van der Waals surface area contributed by atoms with Crippen LogP contribution >= 0.6 is 0 Å². The van der Waals surface area contributed by atoms with Crippen molar-refractivity contribution in [1.82, 2.24) is 15.1 Å². The van der Waals surface area contributed by atoms with E-state index in [0.717, 1.165) is 10.9 Å². The molecule has 6 heteroatoms. The van der Waals surface area contributed by atoms with E-state index in [4.69, 9.17) is 4.52 Å². The molecule has 104 valence electrons. The molecule has 0 unspecified atom stereocenters. The first-order valence-corrected chi connectivity index (χ1v) is 6.59. The molecule has 0 radical (unpaired) electrons. The van der Waals surface area contributed by atoms with E-state index in [-0.39, 0.29) is 0 Å². The zero-order valence-electron chi connectivity index (χ0n) is 11.5. The summed E-state index contributed by atoms with van der Waals surface area (Å²) in [6.07, 6.45) is 0.584. The molecule has 1 aromatic carbocycles. The summed E-state index contributed by atoms with van der Waals surface area (Å²) in [6, 6.07) is 11.7. The summed E-state index contributed by atoms with van der Waals surface area (Å²) in [5.74, 6) is 1.76. The number of aryl methyl sites for hydroxylation is 1. The van der Waals surface area contributed by atoms with Crippen molar-refractivity contribution < 1.29 is 4.52 Å². The molecule has 0 aliphatic carbocycles. The van der Waals surface area contributed by atoms with E-state index in [1.54, 1.807) is 6.92 Å². The Morgan fingerprint density at radius 3 is 2.90 bits per heavy atom. The number of pyridine rings is 1. The van der Waals surface area contributed by atoms with E-state index >= 15 is 0 Å². The van der Waals surface area contributed by atoms with E-state index in [0.29, 0.717) is 36.1 Å². The molecule has 0 fully saturated rings. The number of hydrogen-bond donors (Lipinski definition) is 1. The minimum atomic E-state index is 0.524. The summed E-state index contributed by atoms with van der Waals surface area (Å²) in [6.45, 7) is 2.35. The summed E-state index contributed by atoms with van der Waals surface area (Å²) in [5.41, 5.74) is 1.38. The summed E-state index contributed by atoms with van der Waals surface area (Å²) in [5, 5.41) is 17.1. The van der Waals surface area contributed by atoms with Crippen LogP contribution in [0.15, 0.2) is 34.9 Å². The fourth-order valence-electron chi connectivity index (χ4n) is 2.07. The Kier molecular flexibility index (Phi) is 3.48. The Balaban J connectivity index is 1.78. The highest BCUT2D eigenvalue weighted by Gasteiger charge is 2.07. The molecule has 0 saturated carbocycles. The van der Waals surface area contributed by atoms with Crippen LogP contribution < -0.4 is 5.32 Å². The molecular weight excluding hydrogens is 266 g/mol.